The molecule has 0 aliphatic carbocycles. The van der Waals surface area contributed by atoms with Crippen molar-refractivity contribution >= 4 is 0 Å². The summed E-state index contributed by atoms with van der Waals surface area (Å²) in [6.45, 7) is 4.95. The van der Waals surface area contributed by atoms with Gasteiger partial charge in [0.15, 0.2) is 0 Å². The average Bonchev–Trinajstić information content (AvgIpc) is 2.45. The summed E-state index contributed by atoms with van der Waals surface area (Å²) in [6, 6.07) is 1.65. The summed E-state index contributed by atoms with van der Waals surface area (Å²) in [4.78, 5) is 0. The van der Waals surface area contributed by atoms with E-state index in [4.69, 9.17) is 0 Å². The van der Waals surface area contributed by atoms with Gasteiger partial charge in [-0.2, -0.15) is 0 Å². The highest BCUT2D eigenvalue weighted by atomic mass is 14.9. The van der Waals surface area contributed by atoms with E-state index in [1.807, 2.05) is 0 Å². The third kappa shape index (κ3) is 4.89. The second-order valence-electron chi connectivity index (χ2n) is 6.46. The van der Waals surface area contributed by atoms with E-state index in [0.29, 0.717) is 0 Å². The molecule has 2 aliphatic heterocycles. The van der Waals surface area contributed by atoms with Gasteiger partial charge in [-0.25, -0.2) is 0 Å². The van der Waals surface area contributed by atoms with Gasteiger partial charge in [-0.1, -0.05) is 32.6 Å². The lowest BCUT2D eigenvalue weighted by atomic mass is 9.89. The van der Waals surface area contributed by atoms with E-state index in [-0.39, 0.29) is 0 Å². The summed E-state index contributed by atoms with van der Waals surface area (Å²) in [5.41, 5.74) is 0. The van der Waals surface area contributed by atoms with Crippen molar-refractivity contribution in [3.8, 4) is 0 Å². The third-order valence-electron chi connectivity index (χ3n) is 4.91. The molecule has 2 N–H and O–H groups in total. The molecule has 2 fully saturated rings. The maximum Gasteiger partial charge on any atom is 0.00926 e. The molecule has 3 unspecified atom stereocenters. The Morgan fingerprint density at radius 1 is 0.944 bits per heavy atom. The lowest BCUT2D eigenvalue weighted by molar-refractivity contribution is 0.288. The Bertz CT molecular complexity index is 205. The van der Waals surface area contributed by atoms with Crippen molar-refractivity contribution in [2.24, 2.45) is 5.92 Å². The molecule has 2 aliphatic rings. The van der Waals surface area contributed by atoms with Crippen LogP contribution in [-0.2, 0) is 0 Å². The van der Waals surface area contributed by atoms with Crippen molar-refractivity contribution in [1.29, 1.82) is 0 Å². The Morgan fingerprint density at radius 2 is 1.72 bits per heavy atom. The number of rotatable bonds is 6. The van der Waals surface area contributed by atoms with Crippen LogP contribution in [0.25, 0.3) is 0 Å². The van der Waals surface area contributed by atoms with E-state index < -0.39 is 0 Å². The van der Waals surface area contributed by atoms with Crippen LogP contribution < -0.4 is 10.6 Å². The molecule has 0 aromatic heterocycles. The number of hydrogen-bond acceptors (Lipinski definition) is 2. The second-order valence-corrected chi connectivity index (χ2v) is 6.46. The van der Waals surface area contributed by atoms with Crippen molar-refractivity contribution < 1.29 is 0 Å². The minimum atomic E-state index is 0.812. The first-order valence-electron chi connectivity index (χ1n) is 8.33. The van der Waals surface area contributed by atoms with Gasteiger partial charge in [0.05, 0.1) is 0 Å². The van der Waals surface area contributed by atoms with Crippen LogP contribution in [0, 0.1) is 5.92 Å². The predicted octanol–water partition coefficient (Wildman–Crippen LogP) is 3.47. The van der Waals surface area contributed by atoms with Gasteiger partial charge >= 0.3 is 0 Å². The third-order valence-corrected chi connectivity index (χ3v) is 4.91. The first-order valence-corrected chi connectivity index (χ1v) is 8.33. The van der Waals surface area contributed by atoms with Crippen LogP contribution in [0.2, 0.25) is 0 Å². The van der Waals surface area contributed by atoms with Crippen molar-refractivity contribution in [2.75, 3.05) is 13.1 Å². The second kappa shape index (κ2) is 8.16. The van der Waals surface area contributed by atoms with Gasteiger partial charge in [0.1, 0.15) is 0 Å². The summed E-state index contributed by atoms with van der Waals surface area (Å²) in [6.07, 6.45) is 14.2. The van der Waals surface area contributed by atoms with Crippen LogP contribution in [0.15, 0.2) is 0 Å². The number of nitrogens with one attached hydrogen (secondary N) is 2. The fraction of sp³-hybridized carbons (Fsp3) is 1.00. The zero-order chi connectivity index (χ0) is 12.6. The van der Waals surface area contributed by atoms with Gasteiger partial charge < -0.3 is 10.6 Å². The molecule has 2 nitrogen and oxygen atoms in total. The van der Waals surface area contributed by atoms with Gasteiger partial charge in [0.2, 0.25) is 0 Å². The van der Waals surface area contributed by atoms with Gasteiger partial charge in [-0.15, -0.1) is 0 Å². The minimum Gasteiger partial charge on any atom is -0.314 e. The molecule has 0 bridgehead atoms. The van der Waals surface area contributed by atoms with E-state index in [1.165, 1.54) is 77.3 Å². The quantitative estimate of drug-likeness (QED) is 0.707. The largest absolute Gasteiger partial charge is 0.314 e. The van der Waals surface area contributed by atoms with E-state index >= 15 is 0 Å². The van der Waals surface area contributed by atoms with E-state index in [1.54, 1.807) is 0 Å². The molecule has 0 amide bonds. The molecule has 2 saturated heterocycles. The summed E-state index contributed by atoms with van der Waals surface area (Å²) in [5, 5.41) is 7.36. The van der Waals surface area contributed by atoms with Crippen LogP contribution in [-0.4, -0.2) is 25.2 Å². The summed E-state index contributed by atoms with van der Waals surface area (Å²) < 4.78 is 0. The molecular weight excluding hydrogens is 220 g/mol. The Labute approximate surface area is 113 Å². The van der Waals surface area contributed by atoms with Crippen LogP contribution in [0.4, 0.5) is 0 Å². The van der Waals surface area contributed by atoms with Crippen molar-refractivity contribution in [3.63, 3.8) is 0 Å². The highest BCUT2D eigenvalue weighted by molar-refractivity contribution is 4.78. The lowest BCUT2D eigenvalue weighted by Crippen LogP contribution is -2.38. The predicted molar refractivity (Wildman–Crippen MR) is 78.9 cm³/mol. The molecule has 0 aromatic rings. The zero-order valence-electron chi connectivity index (χ0n) is 12.2. The maximum absolute atomic E-state index is 3.70. The van der Waals surface area contributed by atoms with Gasteiger partial charge in [0.25, 0.3) is 0 Å². The SMILES string of the molecule is CC(CCCCC1CCCCN1)C1CCCCN1. The van der Waals surface area contributed by atoms with E-state index in [2.05, 4.69) is 17.6 Å². The molecule has 2 heterocycles. The standard InChI is InChI=1S/C16H32N2/c1-14(16-11-5-7-13-18-16)8-2-3-9-15-10-4-6-12-17-15/h14-18H,2-13H2,1H3. The summed E-state index contributed by atoms with van der Waals surface area (Å²) in [7, 11) is 0. The molecule has 2 rings (SSSR count). The Morgan fingerprint density at radius 3 is 2.39 bits per heavy atom. The maximum atomic E-state index is 3.70. The molecule has 2 heteroatoms. The van der Waals surface area contributed by atoms with Gasteiger partial charge in [-0.05, 0) is 57.5 Å². The van der Waals surface area contributed by atoms with Gasteiger partial charge in [0, 0.05) is 12.1 Å². The molecule has 0 aromatic carbocycles. The van der Waals surface area contributed by atoms with Crippen LogP contribution >= 0.6 is 0 Å². The monoisotopic (exact) mass is 252 g/mol. The number of piperidine rings is 2. The zero-order valence-corrected chi connectivity index (χ0v) is 12.2. The molecule has 0 spiro atoms. The van der Waals surface area contributed by atoms with Crippen molar-refractivity contribution in [3.05, 3.63) is 0 Å². The highest BCUT2D eigenvalue weighted by Crippen LogP contribution is 2.21. The number of unbranched alkanes of at least 4 members (excludes halogenated alkanes) is 1. The van der Waals surface area contributed by atoms with Crippen LogP contribution in [0.3, 0.4) is 0 Å². The molecule has 106 valence electrons. The fourth-order valence-corrected chi connectivity index (χ4v) is 3.59. The molecule has 0 radical (unpaired) electrons. The summed E-state index contributed by atoms with van der Waals surface area (Å²) in [5.74, 6) is 0.879. The fourth-order valence-electron chi connectivity index (χ4n) is 3.59. The highest BCUT2D eigenvalue weighted by Gasteiger charge is 2.19. The number of hydrogen-bond donors (Lipinski definition) is 2. The molecule has 0 saturated carbocycles. The first kappa shape index (κ1) is 14.3. The smallest absolute Gasteiger partial charge is 0.00926 e. The Hall–Kier alpha value is -0.0800. The van der Waals surface area contributed by atoms with Crippen molar-refractivity contribution in [2.45, 2.75) is 83.2 Å². The molecule has 18 heavy (non-hydrogen) atoms. The molecule has 3 atom stereocenters. The topological polar surface area (TPSA) is 24.1 Å². The summed E-state index contributed by atoms with van der Waals surface area (Å²) >= 11 is 0. The van der Waals surface area contributed by atoms with Crippen LogP contribution in [0.1, 0.15) is 71.1 Å². The Balaban J connectivity index is 1.51. The van der Waals surface area contributed by atoms with Crippen molar-refractivity contribution in [1.82, 2.24) is 10.6 Å². The average molecular weight is 252 g/mol. The lowest BCUT2D eigenvalue weighted by Gasteiger charge is -2.29. The van der Waals surface area contributed by atoms with E-state index in [9.17, 15) is 0 Å². The minimum absolute atomic E-state index is 0.812. The Kier molecular flexibility index (Phi) is 6.50. The van der Waals surface area contributed by atoms with Gasteiger partial charge in [-0.3, -0.25) is 0 Å². The molecular formula is C16H32N2. The van der Waals surface area contributed by atoms with Crippen LogP contribution in [0.5, 0.6) is 0 Å². The van der Waals surface area contributed by atoms with E-state index in [0.717, 1.165) is 18.0 Å². The first-order chi connectivity index (χ1) is 8.86. The normalized spacial score (nSPS) is 31.2.